The Balaban J connectivity index is 0.00000200. The molecule has 1 saturated heterocycles. The van der Waals surface area contributed by atoms with Gasteiger partial charge < -0.3 is 4.74 Å². The average Bonchev–Trinajstić information content (AvgIpc) is 2.43. The summed E-state index contributed by atoms with van der Waals surface area (Å²) in [6.07, 6.45) is 0.717. The van der Waals surface area contributed by atoms with Gasteiger partial charge in [0.1, 0.15) is 5.78 Å². The molecular formula is C15H20ClNO3. The molecule has 110 valence electrons. The van der Waals surface area contributed by atoms with Crippen molar-refractivity contribution in [2.75, 3.05) is 20.2 Å². The van der Waals surface area contributed by atoms with Gasteiger partial charge in [0.05, 0.1) is 13.5 Å². The zero-order chi connectivity index (χ0) is 13.7. The number of ketones is 1. The Bertz CT molecular complexity index is 450. The molecule has 0 bridgehead atoms. The van der Waals surface area contributed by atoms with E-state index in [0.717, 1.165) is 13.1 Å². The van der Waals surface area contributed by atoms with Crippen molar-refractivity contribution in [1.29, 1.82) is 0 Å². The van der Waals surface area contributed by atoms with Gasteiger partial charge in [-0.15, -0.1) is 12.4 Å². The predicted molar refractivity (Wildman–Crippen MR) is 78.7 cm³/mol. The lowest BCUT2D eigenvalue weighted by Gasteiger charge is -2.31. The number of ether oxygens (including phenoxy) is 1. The van der Waals surface area contributed by atoms with Gasteiger partial charge in [0, 0.05) is 32.0 Å². The number of hydrogen-bond acceptors (Lipinski definition) is 4. The van der Waals surface area contributed by atoms with Crippen molar-refractivity contribution in [3.63, 3.8) is 0 Å². The number of carbonyl (C=O) groups excluding carboxylic acids is 2. The van der Waals surface area contributed by atoms with Crippen LogP contribution in [0.2, 0.25) is 0 Å². The van der Waals surface area contributed by atoms with Gasteiger partial charge in [0.25, 0.3) is 0 Å². The zero-order valence-corrected chi connectivity index (χ0v) is 12.4. The van der Waals surface area contributed by atoms with Crippen LogP contribution in [-0.2, 0) is 20.9 Å². The van der Waals surface area contributed by atoms with E-state index >= 15 is 0 Å². The fourth-order valence-electron chi connectivity index (χ4n) is 2.43. The molecule has 0 spiro atoms. The van der Waals surface area contributed by atoms with E-state index in [1.54, 1.807) is 0 Å². The summed E-state index contributed by atoms with van der Waals surface area (Å²) in [5.74, 6) is -0.348. The van der Waals surface area contributed by atoms with Gasteiger partial charge in [-0.05, 0) is 5.56 Å². The largest absolute Gasteiger partial charge is 0.469 e. The van der Waals surface area contributed by atoms with E-state index < -0.39 is 0 Å². The molecule has 1 atom stereocenters. The molecule has 4 nitrogen and oxygen atoms in total. The predicted octanol–water partition coefficient (Wildman–Crippen LogP) is 2.06. The van der Waals surface area contributed by atoms with E-state index in [-0.39, 0.29) is 36.5 Å². The van der Waals surface area contributed by atoms with Crippen molar-refractivity contribution in [2.45, 2.75) is 19.4 Å². The molecule has 2 rings (SSSR count). The van der Waals surface area contributed by atoms with Crippen LogP contribution in [0.15, 0.2) is 30.3 Å². The maximum atomic E-state index is 11.8. The summed E-state index contributed by atoms with van der Waals surface area (Å²) in [5, 5.41) is 0. The van der Waals surface area contributed by atoms with Crippen LogP contribution in [0.4, 0.5) is 0 Å². The van der Waals surface area contributed by atoms with Crippen LogP contribution in [0, 0.1) is 5.92 Å². The highest BCUT2D eigenvalue weighted by Crippen LogP contribution is 2.19. The number of carbonyl (C=O) groups is 2. The molecule has 0 amide bonds. The molecule has 5 heteroatoms. The number of halogens is 1. The molecule has 0 saturated carbocycles. The van der Waals surface area contributed by atoms with Crippen molar-refractivity contribution in [3.05, 3.63) is 35.9 Å². The number of rotatable bonds is 4. The standard InChI is InChI=1S/C15H19NO3.ClH/c1-19-15(18)9-13-11-16(8-7-14(13)17)10-12-5-3-2-4-6-12;/h2-6,13H,7-11H2,1H3;1H. The third-order valence-electron chi connectivity index (χ3n) is 3.50. The van der Waals surface area contributed by atoms with Gasteiger partial charge >= 0.3 is 5.97 Å². The van der Waals surface area contributed by atoms with Crippen LogP contribution in [0.1, 0.15) is 18.4 Å². The van der Waals surface area contributed by atoms with Crippen LogP contribution < -0.4 is 0 Å². The Hall–Kier alpha value is -1.39. The first-order valence-corrected chi connectivity index (χ1v) is 6.55. The minimum atomic E-state index is -0.306. The summed E-state index contributed by atoms with van der Waals surface area (Å²) in [4.78, 5) is 25.3. The summed E-state index contributed by atoms with van der Waals surface area (Å²) in [5.41, 5.74) is 1.23. The zero-order valence-electron chi connectivity index (χ0n) is 11.6. The van der Waals surface area contributed by atoms with E-state index in [9.17, 15) is 9.59 Å². The van der Waals surface area contributed by atoms with E-state index in [1.165, 1.54) is 12.7 Å². The molecule has 1 heterocycles. The number of piperidine rings is 1. The number of methoxy groups -OCH3 is 1. The smallest absolute Gasteiger partial charge is 0.306 e. The maximum Gasteiger partial charge on any atom is 0.306 e. The van der Waals surface area contributed by atoms with Crippen LogP contribution in [-0.4, -0.2) is 36.9 Å². The summed E-state index contributed by atoms with van der Waals surface area (Å²) in [7, 11) is 1.36. The summed E-state index contributed by atoms with van der Waals surface area (Å²) in [6, 6.07) is 10.2. The molecule has 1 unspecified atom stereocenters. The van der Waals surface area contributed by atoms with Gasteiger partial charge in [-0.25, -0.2) is 0 Å². The summed E-state index contributed by atoms with van der Waals surface area (Å²) < 4.78 is 4.65. The molecule has 1 aliphatic rings. The van der Waals surface area contributed by atoms with Crippen molar-refractivity contribution in [3.8, 4) is 0 Å². The van der Waals surface area contributed by atoms with Crippen molar-refractivity contribution in [1.82, 2.24) is 4.90 Å². The molecule has 0 N–H and O–H groups in total. The molecule has 0 aliphatic carbocycles. The van der Waals surface area contributed by atoms with Crippen LogP contribution in [0.25, 0.3) is 0 Å². The second-order valence-corrected chi connectivity index (χ2v) is 4.91. The lowest BCUT2D eigenvalue weighted by atomic mass is 9.93. The monoisotopic (exact) mass is 297 g/mol. The van der Waals surface area contributed by atoms with Crippen molar-refractivity contribution >= 4 is 24.2 Å². The fraction of sp³-hybridized carbons (Fsp3) is 0.467. The first kappa shape index (κ1) is 16.7. The number of benzene rings is 1. The van der Waals surface area contributed by atoms with Crippen LogP contribution >= 0.6 is 12.4 Å². The van der Waals surface area contributed by atoms with E-state index in [0.29, 0.717) is 13.0 Å². The highest BCUT2D eigenvalue weighted by molar-refractivity contribution is 5.86. The van der Waals surface area contributed by atoms with Crippen molar-refractivity contribution in [2.24, 2.45) is 5.92 Å². The molecule has 1 aromatic rings. The first-order valence-electron chi connectivity index (χ1n) is 6.55. The van der Waals surface area contributed by atoms with Gasteiger partial charge in [-0.3, -0.25) is 14.5 Å². The molecule has 0 radical (unpaired) electrons. The maximum absolute atomic E-state index is 11.8. The second-order valence-electron chi connectivity index (χ2n) is 4.91. The molecule has 1 aromatic carbocycles. The fourth-order valence-corrected chi connectivity index (χ4v) is 2.43. The molecule has 0 aromatic heterocycles. The highest BCUT2D eigenvalue weighted by Gasteiger charge is 2.29. The highest BCUT2D eigenvalue weighted by atomic mass is 35.5. The Morgan fingerprint density at radius 1 is 1.35 bits per heavy atom. The minimum Gasteiger partial charge on any atom is -0.469 e. The molecule has 20 heavy (non-hydrogen) atoms. The van der Waals surface area contributed by atoms with E-state index in [2.05, 4.69) is 21.8 Å². The van der Waals surface area contributed by atoms with Gasteiger partial charge in [0.15, 0.2) is 0 Å². The average molecular weight is 298 g/mol. The van der Waals surface area contributed by atoms with Crippen molar-refractivity contribution < 1.29 is 14.3 Å². The first-order chi connectivity index (χ1) is 9.19. The Labute approximate surface area is 125 Å². The Kier molecular flexibility index (Phi) is 6.68. The molecule has 1 fully saturated rings. The Morgan fingerprint density at radius 3 is 2.70 bits per heavy atom. The summed E-state index contributed by atoms with van der Waals surface area (Å²) >= 11 is 0. The van der Waals surface area contributed by atoms with E-state index in [4.69, 9.17) is 0 Å². The molecular weight excluding hydrogens is 278 g/mol. The number of esters is 1. The third kappa shape index (κ3) is 4.62. The number of likely N-dealkylation sites (tertiary alicyclic amines) is 1. The van der Waals surface area contributed by atoms with Gasteiger partial charge in [-0.2, -0.15) is 0 Å². The van der Waals surface area contributed by atoms with E-state index in [1.807, 2.05) is 18.2 Å². The third-order valence-corrected chi connectivity index (χ3v) is 3.50. The SMILES string of the molecule is COC(=O)CC1CN(Cc2ccccc2)CCC1=O.Cl. The van der Waals surface area contributed by atoms with Crippen LogP contribution in [0.5, 0.6) is 0 Å². The summed E-state index contributed by atoms with van der Waals surface area (Å²) in [6.45, 7) is 2.24. The molecule has 1 aliphatic heterocycles. The van der Waals surface area contributed by atoms with Gasteiger partial charge in [0.2, 0.25) is 0 Å². The minimum absolute atomic E-state index is 0. The quantitative estimate of drug-likeness (QED) is 0.798. The second kappa shape index (κ2) is 8.02. The number of Topliss-reactive ketones (excluding diaryl/α,β-unsaturated/α-hetero) is 1. The lowest BCUT2D eigenvalue weighted by molar-refractivity contribution is -0.145. The normalized spacial score (nSPS) is 19.2. The van der Waals surface area contributed by atoms with Gasteiger partial charge in [-0.1, -0.05) is 30.3 Å². The number of hydrogen-bond donors (Lipinski definition) is 0. The Morgan fingerprint density at radius 2 is 2.05 bits per heavy atom. The number of nitrogens with zero attached hydrogens (tertiary/aromatic N) is 1. The lowest BCUT2D eigenvalue weighted by Crippen LogP contribution is -2.41. The van der Waals surface area contributed by atoms with Crippen LogP contribution in [0.3, 0.4) is 0 Å². The topological polar surface area (TPSA) is 46.6 Å².